The van der Waals surface area contributed by atoms with Crippen LogP contribution in [0.4, 0.5) is 0 Å². The summed E-state index contributed by atoms with van der Waals surface area (Å²) in [4.78, 5) is 11.5. The minimum atomic E-state index is -0.218. The molecule has 0 radical (unpaired) electrons. The molecule has 2 aromatic rings. The van der Waals surface area contributed by atoms with Gasteiger partial charge in [0, 0.05) is 23.9 Å². The van der Waals surface area contributed by atoms with E-state index in [4.69, 9.17) is 5.11 Å². The van der Waals surface area contributed by atoms with Crippen molar-refractivity contribution in [1.82, 2.24) is 19.6 Å². The van der Waals surface area contributed by atoms with E-state index in [1.165, 1.54) is 10.7 Å². The van der Waals surface area contributed by atoms with Gasteiger partial charge in [-0.3, -0.25) is 9.48 Å². The molecule has 0 atom stereocenters. The van der Waals surface area contributed by atoms with Gasteiger partial charge in [-0.15, -0.1) is 0 Å². The minimum Gasteiger partial charge on any atom is -0.394 e. The highest BCUT2D eigenvalue weighted by Crippen LogP contribution is 2.16. The summed E-state index contributed by atoms with van der Waals surface area (Å²) < 4.78 is 3.08. The zero-order valence-corrected chi connectivity index (χ0v) is 10.4. The molecular weight excluding hydrogens is 232 g/mol. The third-order valence-electron chi connectivity index (χ3n) is 2.60. The van der Waals surface area contributed by atoms with E-state index in [-0.39, 0.29) is 24.8 Å². The molecule has 0 saturated heterocycles. The number of rotatable bonds is 4. The summed E-state index contributed by atoms with van der Waals surface area (Å²) in [5.41, 5.74) is 1.31. The standard InChI is InChI=1S/C12H16N4O2/c1-9(2)16-8-10(7-13-16)11-3-4-12(18)15(14-11)5-6-17/h3-4,7-9,17H,5-6H2,1-2H3. The van der Waals surface area contributed by atoms with E-state index in [1.807, 2.05) is 24.7 Å². The van der Waals surface area contributed by atoms with E-state index >= 15 is 0 Å². The van der Waals surface area contributed by atoms with Crippen molar-refractivity contribution in [3.8, 4) is 11.3 Å². The molecule has 0 amide bonds. The number of nitrogens with zero attached hydrogens (tertiary/aromatic N) is 4. The Hall–Kier alpha value is -1.95. The van der Waals surface area contributed by atoms with Gasteiger partial charge < -0.3 is 5.11 Å². The molecule has 18 heavy (non-hydrogen) atoms. The van der Waals surface area contributed by atoms with Crippen LogP contribution in [-0.2, 0) is 6.54 Å². The largest absolute Gasteiger partial charge is 0.394 e. The number of aliphatic hydroxyl groups excluding tert-OH is 1. The molecule has 0 aliphatic carbocycles. The molecule has 0 spiro atoms. The van der Waals surface area contributed by atoms with Gasteiger partial charge in [-0.05, 0) is 19.9 Å². The molecule has 0 aromatic carbocycles. The van der Waals surface area contributed by atoms with Crippen LogP contribution < -0.4 is 5.56 Å². The maximum Gasteiger partial charge on any atom is 0.266 e. The number of hydrogen-bond acceptors (Lipinski definition) is 4. The van der Waals surface area contributed by atoms with Crippen LogP contribution in [0, 0.1) is 0 Å². The first-order chi connectivity index (χ1) is 8.61. The van der Waals surface area contributed by atoms with E-state index in [0.717, 1.165) is 5.56 Å². The fourth-order valence-electron chi connectivity index (χ4n) is 1.61. The monoisotopic (exact) mass is 248 g/mol. The van der Waals surface area contributed by atoms with Gasteiger partial charge >= 0.3 is 0 Å². The topological polar surface area (TPSA) is 72.9 Å². The number of aliphatic hydroxyl groups is 1. The molecule has 0 unspecified atom stereocenters. The van der Waals surface area contributed by atoms with Crippen molar-refractivity contribution in [2.75, 3.05) is 6.61 Å². The highest BCUT2D eigenvalue weighted by Gasteiger charge is 2.07. The summed E-state index contributed by atoms with van der Waals surface area (Å²) in [6, 6.07) is 3.39. The van der Waals surface area contributed by atoms with Gasteiger partial charge in [0.05, 0.1) is 25.0 Å². The van der Waals surface area contributed by atoms with Crippen molar-refractivity contribution < 1.29 is 5.11 Å². The van der Waals surface area contributed by atoms with Crippen molar-refractivity contribution in [3.63, 3.8) is 0 Å². The highest BCUT2D eigenvalue weighted by atomic mass is 16.3. The summed E-state index contributed by atoms with van der Waals surface area (Å²) in [5.74, 6) is 0. The molecule has 0 fully saturated rings. The molecule has 0 saturated carbocycles. The second-order valence-electron chi connectivity index (χ2n) is 4.31. The first-order valence-electron chi connectivity index (χ1n) is 5.85. The Morgan fingerprint density at radius 3 is 2.78 bits per heavy atom. The number of aromatic nitrogens is 4. The molecule has 96 valence electrons. The predicted molar refractivity (Wildman–Crippen MR) is 67.2 cm³/mol. The number of hydrogen-bond donors (Lipinski definition) is 1. The highest BCUT2D eigenvalue weighted by molar-refractivity contribution is 5.55. The molecule has 0 aliphatic heterocycles. The quantitative estimate of drug-likeness (QED) is 0.863. The second kappa shape index (κ2) is 5.14. The van der Waals surface area contributed by atoms with Crippen molar-refractivity contribution in [1.29, 1.82) is 0 Å². The zero-order valence-electron chi connectivity index (χ0n) is 10.4. The summed E-state index contributed by atoms with van der Waals surface area (Å²) in [7, 11) is 0. The van der Waals surface area contributed by atoms with Crippen molar-refractivity contribution in [3.05, 3.63) is 34.9 Å². The average molecular weight is 248 g/mol. The first-order valence-corrected chi connectivity index (χ1v) is 5.85. The molecule has 6 heteroatoms. The summed E-state index contributed by atoms with van der Waals surface area (Å²) >= 11 is 0. The van der Waals surface area contributed by atoms with Crippen LogP contribution in [0.25, 0.3) is 11.3 Å². The lowest BCUT2D eigenvalue weighted by Gasteiger charge is -2.04. The SMILES string of the molecule is CC(C)n1cc(-c2ccc(=O)n(CCO)n2)cn1. The zero-order chi connectivity index (χ0) is 13.1. The van der Waals surface area contributed by atoms with E-state index in [0.29, 0.717) is 5.69 Å². The maximum atomic E-state index is 11.5. The molecule has 0 bridgehead atoms. The van der Waals surface area contributed by atoms with Crippen molar-refractivity contribution >= 4 is 0 Å². The molecule has 1 N–H and O–H groups in total. The fraction of sp³-hybridized carbons (Fsp3) is 0.417. The Balaban J connectivity index is 2.37. The van der Waals surface area contributed by atoms with Gasteiger partial charge in [0.2, 0.25) is 0 Å². The van der Waals surface area contributed by atoms with Gasteiger partial charge in [0.1, 0.15) is 0 Å². The lowest BCUT2D eigenvalue weighted by atomic mass is 10.2. The lowest BCUT2D eigenvalue weighted by molar-refractivity contribution is 0.266. The summed E-state index contributed by atoms with van der Waals surface area (Å²) in [6.07, 6.45) is 3.61. The van der Waals surface area contributed by atoms with Crippen LogP contribution in [0.1, 0.15) is 19.9 Å². The van der Waals surface area contributed by atoms with Gasteiger partial charge in [0.25, 0.3) is 5.56 Å². The lowest BCUT2D eigenvalue weighted by Crippen LogP contribution is -2.23. The Morgan fingerprint density at radius 2 is 2.17 bits per heavy atom. The van der Waals surface area contributed by atoms with Crippen LogP contribution in [0.15, 0.2) is 29.3 Å². The normalized spacial score (nSPS) is 11.1. The molecule has 0 aliphatic rings. The minimum absolute atomic E-state index is 0.110. The Bertz CT molecular complexity index is 586. The second-order valence-corrected chi connectivity index (χ2v) is 4.31. The van der Waals surface area contributed by atoms with Crippen LogP contribution in [0.3, 0.4) is 0 Å². The Kier molecular flexibility index (Phi) is 3.57. The Labute approximate surface area is 104 Å². The Morgan fingerprint density at radius 1 is 1.39 bits per heavy atom. The van der Waals surface area contributed by atoms with Crippen LogP contribution >= 0.6 is 0 Å². The van der Waals surface area contributed by atoms with Crippen molar-refractivity contribution in [2.24, 2.45) is 0 Å². The predicted octanol–water partition coefficient (Wildman–Crippen LogP) is 0.680. The van der Waals surface area contributed by atoms with E-state index in [1.54, 1.807) is 12.3 Å². The molecular formula is C12H16N4O2. The third-order valence-corrected chi connectivity index (χ3v) is 2.60. The summed E-state index contributed by atoms with van der Waals surface area (Å²) in [5, 5.41) is 17.3. The van der Waals surface area contributed by atoms with E-state index < -0.39 is 0 Å². The third kappa shape index (κ3) is 2.48. The van der Waals surface area contributed by atoms with Crippen LogP contribution in [-0.4, -0.2) is 31.3 Å². The van der Waals surface area contributed by atoms with Gasteiger partial charge in [-0.1, -0.05) is 0 Å². The molecule has 2 aromatic heterocycles. The van der Waals surface area contributed by atoms with Gasteiger partial charge in [-0.2, -0.15) is 10.2 Å². The first kappa shape index (κ1) is 12.5. The molecule has 2 rings (SSSR count). The van der Waals surface area contributed by atoms with E-state index in [2.05, 4.69) is 10.2 Å². The van der Waals surface area contributed by atoms with Gasteiger partial charge in [-0.25, -0.2) is 4.68 Å². The van der Waals surface area contributed by atoms with Crippen LogP contribution in [0.2, 0.25) is 0 Å². The van der Waals surface area contributed by atoms with Crippen molar-refractivity contribution in [2.45, 2.75) is 26.4 Å². The molecule has 6 nitrogen and oxygen atoms in total. The maximum absolute atomic E-state index is 11.5. The van der Waals surface area contributed by atoms with Crippen LogP contribution in [0.5, 0.6) is 0 Å². The fourth-order valence-corrected chi connectivity index (χ4v) is 1.61. The summed E-state index contributed by atoms with van der Waals surface area (Å²) in [6.45, 7) is 4.17. The van der Waals surface area contributed by atoms with Gasteiger partial charge in [0.15, 0.2) is 0 Å². The van der Waals surface area contributed by atoms with E-state index in [9.17, 15) is 4.79 Å². The molecule has 2 heterocycles. The smallest absolute Gasteiger partial charge is 0.266 e. The average Bonchev–Trinajstić information content (AvgIpc) is 2.82.